The van der Waals surface area contributed by atoms with E-state index in [2.05, 4.69) is 15.9 Å². The van der Waals surface area contributed by atoms with E-state index in [-0.39, 0.29) is 4.21 Å². The van der Waals surface area contributed by atoms with E-state index in [1.807, 2.05) is 4.72 Å². The molecule has 0 aromatic carbocycles. The van der Waals surface area contributed by atoms with Gasteiger partial charge in [-0.3, -0.25) is 4.79 Å². The molecule has 1 rings (SSSR count). The highest BCUT2D eigenvalue weighted by molar-refractivity contribution is 9.10. The third-order valence-corrected chi connectivity index (χ3v) is 5.57. The number of thiophene rings is 1. The Kier molecular flexibility index (Phi) is 3.87. The quantitative estimate of drug-likeness (QED) is 0.874. The zero-order valence-corrected chi connectivity index (χ0v) is 10.9. The van der Waals surface area contributed by atoms with E-state index in [0.29, 0.717) is 4.47 Å². The van der Waals surface area contributed by atoms with Gasteiger partial charge in [0.2, 0.25) is 0 Å². The van der Waals surface area contributed by atoms with Gasteiger partial charge in [0.15, 0.2) is 0 Å². The van der Waals surface area contributed by atoms with Crippen LogP contribution in [0.5, 0.6) is 0 Å². The van der Waals surface area contributed by atoms with Crippen LogP contribution in [0.3, 0.4) is 0 Å². The van der Waals surface area contributed by atoms with Crippen molar-refractivity contribution in [2.75, 3.05) is 6.54 Å². The van der Waals surface area contributed by atoms with Crippen molar-refractivity contribution in [1.29, 1.82) is 0 Å². The summed E-state index contributed by atoms with van der Waals surface area (Å²) in [6.45, 7) is 1.15. The van der Waals surface area contributed by atoms with Gasteiger partial charge in [-0.25, -0.2) is 8.42 Å². The van der Waals surface area contributed by atoms with Crippen LogP contribution in [0.15, 0.2) is 14.7 Å². The maximum atomic E-state index is 11.6. The first kappa shape index (κ1) is 12.6. The van der Waals surface area contributed by atoms with E-state index in [4.69, 9.17) is 5.11 Å². The van der Waals surface area contributed by atoms with Crippen LogP contribution in [0.25, 0.3) is 0 Å². The number of aliphatic carboxylic acids is 1. The van der Waals surface area contributed by atoms with Crippen molar-refractivity contribution in [1.82, 2.24) is 4.72 Å². The second-order valence-electron chi connectivity index (χ2n) is 2.71. The van der Waals surface area contributed by atoms with Crippen LogP contribution in [0.2, 0.25) is 0 Å². The van der Waals surface area contributed by atoms with Gasteiger partial charge >= 0.3 is 5.97 Å². The summed E-state index contributed by atoms with van der Waals surface area (Å²) in [6, 6.07) is 1.67. The maximum Gasteiger partial charge on any atom is 0.318 e. The molecule has 2 N–H and O–H groups in total. The molecule has 84 valence electrons. The molecular weight excluding hydrogens is 306 g/mol. The van der Waals surface area contributed by atoms with Gasteiger partial charge in [-0.2, -0.15) is 4.72 Å². The van der Waals surface area contributed by atoms with Crippen LogP contribution < -0.4 is 4.72 Å². The zero-order valence-electron chi connectivity index (χ0n) is 7.65. The van der Waals surface area contributed by atoms with Gasteiger partial charge in [0, 0.05) is 9.35 Å². The lowest BCUT2D eigenvalue weighted by Crippen LogP contribution is -2.29. The molecule has 0 radical (unpaired) electrons. The summed E-state index contributed by atoms with van der Waals surface area (Å²) in [7, 11) is -3.72. The fourth-order valence-electron chi connectivity index (χ4n) is 0.867. The number of rotatable bonds is 4. The monoisotopic (exact) mass is 313 g/mol. The third kappa shape index (κ3) is 3.26. The smallest absolute Gasteiger partial charge is 0.318 e. The number of nitrogens with one attached hydrogen (secondary N) is 1. The molecule has 0 amide bonds. The number of aryl methyl sites for hydroxylation is 1. The zero-order chi connectivity index (χ0) is 11.6. The molecule has 1 heterocycles. The Morgan fingerprint density at radius 2 is 2.27 bits per heavy atom. The van der Waals surface area contributed by atoms with Crippen molar-refractivity contribution in [3.05, 3.63) is 15.4 Å². The van der Waals surface area contributed by atoms with Crippen LogP contribution in [0, 0.1) is 6.92 Å². The molecule has 0 spiro atoms. The average molecular weight is 314 g/mol. The lowest BCUT2D eigenvalue weighted by molar-refractivity contribution is -0.135. The van der Waals surface area contributed by atoms with Crippen LogP contribution in [-0.2, 0) is 14.8 Å². The van der Waals surface area contributed by atoms with Gasteiger partial charge < -0.3 is 5.11 Å². The summed E-state index contributed by atoms with van der Waals surface area (Å²) in [5.41, 5.74) is 0. The van der Waals surface area contributed by atoms with E-state index in [1.165, 1.54) is 0 Å². The van der Waals surface area contributed by atoms with Gasteiger partial charge in [0.05, 0.1) is 0 Å². The third-order valence-electron chi connectivity index (χ3n) is 1.44. The van der Waals surface area contributed by atoms with Crippen molar-refractivity contribution < 1.29 is 18.3 Å². The lowest BCUT2D eigenvalue weighted by atomic mass is 10.5. The molecular formula is C7H8BrNO4S2. The number of halogens is 1. The Morgan fingerprint density at radius 1 is 1.67 bits per heavy atom. The average Bonchev–Trinajstić information content (AvgIpc) is 2.43. The molecule has 0 unspecified atom stereocenters. The van der Waals surface area contributed by atoms with E-state index in [0.717, 1.165) is 16.2 Å². The second kappa shape index (κ2) is 4.60. The number of hydrogen-bond acceptors (Lipinski definition) is 4. The highest BCUT2D eigenvalue weighted by Crippen LogP contribution is 2.30. The van der Waals surface area contributed by atoms with Gasteiger partial charge in [-0.15, -0.1) is 11.3 Å². The predicted molar refractivity (Wildman–Crippen MR) is 59.6 cm³/mol. The normalized spacial score (nSPS) is 11.6. The molecule has 1 aromatic rings. The van der Waals surface area contributed by atoms with E-state index >= 15 is 0 Å². The summed E-state index contributed by atoms with van der Waals surface area (Å²) < 4.78 is 25.7. The minimum Gasteiger partial charge on any atom is -0.480 e. The molecule has 0 aliphatic heterocycles. The summed E-state index contributed by atoms with van der Waals surface area (Å²) in [5.74, 6) is -1.22. The maximum absolute atomic E-state index is 11.6. The van der Waals surface area contributed by atoms with Crippen molar-refractivity contribution in [2.24, 2.45) is 0 Å². The van der Waals surface area contributed by atoms with Crippen LogP contribution >= 0.6 is 27.3 Å². The van der Waals surface area contributed by atoms with E-state index in [1.54, 1.807) is 13.0 Å². The highest BCUT2D eigenvalue weighted by Gasteiger charge is 2.20. The van der Waals surface area contributed by atoms with Crippen LogP contribution in [-0.4, -0.2) is 26.0 Å². The largest absolute Gasteiger partial charge is 0.480 e. The number of hydrogen-bond donors (Lipinski definition) is 2. The van der Waals surface area contributed by atoms with Crippen molar-refractivity contribution in [2.45, 2.75) is 11.1 Å². The Balaban J connectivity index is 2.96. The molecule has 0 aliphatic rings. The van der Waals surface area contributed by atoms with Crippen LogP contribution in [0.4, 0.5) is 0 Å². The summed E-state index contributed by atoms with van der Waals surface area (Å²) in [5, 5.41) is 8.36. The standard InChI is InChI=1S/C7H8BrNO4S2/c1-4-2-5(8)7(14-4)15(12,13)9-3-6(10)11/h2,9H,3H2,1H3,(H,10,11). The van der Waals surface area contributed by atoms with Crippen LogP contribution in [0.1, 0.15) is 4.88 Å². The number of sulfonamides is 1. The first-order valence-electron chi connectivity index (χ1n) is 3.80. The highest BCUT2D eigenvalue weighted by atomic mass is 79.9. The predicted octanol–water partition coefficient (Wildman–Crippen LogP) is 1.18. The first-order valence-corrected chi connectivity index (χ1v) is 6.89. The summed E-state index contributed by atoms with van der Waals surface area (Å²) >= 11 is 4.19. The molecule has 0 aliphatic carbocycles. The number of carboxylic acids is 1. The molecule has 0 atom stereocenters. The van der Waals surface area contributed by atoms with E-state index in [9.17, 15) is 13.2 Å². The lowest BCUT2D eigenvalue weighted by Gasteiger charge is -2.01. The molecule has 0 fully saturated rings. The molecule has 1 aromatic heterocycles. The fraction of sp³-hybridized carbons (Fsp3) is 0.286. The molecule has 0 saturated heterocycles. The summed E-state index contributed by atoms with van der Waals surface area (Å²) in [4.78, 5) is 11.1. The first-order chi connectivity index (χ1) is 6.83. The van der Waals surface area contributed by atoms with Crippen molar-refractivity contribution in [3.8, 4) is 0 Å². The summed E-state index contributed by atoms with van der Waals surface area (Å²) in [6.07, 6.45) is 0. The molecule has 15 heavy (non-hydrogen) atoms. The molecule has 5 nitrogen and oxygen atoms in total. The number of carboxylic acid groups (broad SMARTS) is 1. The fourth-order valence-corrected chi connectivity index (χ4v) is 4.64. The molecule has 0 saturated carbocycles. The Labute approximate surface area is 99.3 Å². The van der Waals surface area contributed by atoms with Gasteiger partial charge in [-0.05, 0) is 28.9 Å². The topological polar surface area (TPSA) is 83.5 Å². The molecule has 8 heteroatoms. The van der Waals surface area contributed by atoms with Gasteiger partial charge in [-0.1, -0.05) is 0 Å². The SMILES string of the molecule is Cc1cc(Br)c(S(=O)(=O)NCC(=O)O)s1. The van der Waals surface area contributed by atoms with Gasteiger partial charge in [0.1, 0.15) is 10.8 Å². The molecule has 0 bridgehead atoms. The van der Waals surface area contributed by atoms with E-state index < -0.39 is 22.5 Å². The minimum atomic E-state index is -3.72. The number of carbonyl (C=O) groups is 1. The minimum absolute atomic E-state index is 0.0984. The van der Waals surface area contributed by atoms with Gasteiger partial charge in [0.25, 0.3) is 10.0 Å². The Bertz CT molecular complexity index is 479. The Hall–Kier alpha value is -0.440. The second-order valence-corrected chi connectivity index (χ2v) is 6.78. The van der Waals surface area contributed by atoms with Crippen molar-refractivity contribution >= 4 is 43.3 Å². The van der Waals surface area contributed by atoms with Crippen molar-refractivity contribution in [3.63, 3.8) is 0 Å². The Morgan fingerprint density at radius 3 is 2.67 bits per heavy atom.